The first-order chi connectivity index (χ1) is 14.6. The van der Waals surface area contributed by atoms with Crippen LogP contribution in [0.2, 0.25) is 0 Å². The van der Waals surface area contributed by atoms with Gasteiger partial charge in [-0.1, -0.05) is 23.4 Å². The quantitative estimate of drug-likeness (QED) is 0.744. The van der Waals surface area contributed by atoms with Gasteiger partial charge in [-0.2, -0.15) is 13.2 Å². The predicted octanol–water partition coefficient (Wildman–Crippen LogP) is 1.78. The molecule has 1 saturated heterocycles. The lowest BCUT2D eigenvalue weighted by molar-refractivity contribution is -0.137. The smallest absolute Gasteiger partial charge is 0.348 e. The van der Waals surface area contributed by atoms with Gasteiger partial charge < -0.3 is 10.2 Å². The molecule has 0 saturated carbocycles. The summed E-state index contributed by atoms with van der Waals surface area (Å²) in [5, 5.41) is 10.5. The second-order valence-corrected chi connectivity index (χ2v) is 7.81. The van der Waals surface area contributed by atoms with Crippen molar-refractivity contribution in [2.45, 2.75) is 38.1 Å². The molecule has 11 heteroatoms. The molecule has 1 aliphatic rings. The Morgan fingerprint density at radius 2 is 1.94 bits per heavy atom. The summed E-state index contributed by atoms with van der Waals surface area (Å²) in [4.78, 5) is 27.6. The number of halogens is 3. The molecule has 2 amide bonds. The topological polar surface area (TPSA) is 83.4 Å². The van der Waals surface area contributed by atoms with Gasteiger partial charge in [-0.3, -0.25) is 14.5 Å². The van der Waals surface area contributed by atoms with Crippen LogP contribution in [0.1, 0.15) is 34.5 Å². The second kappa shape index (κ2) is 9.46. The van der Waals surface area contributed by atoms with Crippen LogP contribution in [0.4, 0.5) is 13.2 Å². The maximum absolute atomic E-state index is 12.9. The zero-order valence-electron chi connectivity index (χ0n) is 17.4. The maximum Gasteiger partial charge on any atom is 0.416 e. The molecule has 0 spiro atoms. The minimum atomic E-state index is -4.35. The molecule has 168 valence electrons. The van der Waals surface area contributed by atoms with Gasteiger partial charge in [-0.05, 0) is 24.5 Å². The van der Waals surface area contributed by atoms with Crippen LogP contribution in [0.5, 0.6) is 0 Å². The first kappa shape index (κ1) is 22.7. The van der Waals surface area contributed by atoms with Crippen molar-refractivity contribution < 1.29 is 22.8 Å². The molecule has 8 nitrogen and oxygen atoms in total. The Labute approximate surface area is 178 Å². The molecule has 0 bridgehead atoms. The summed E-state index contributed by atoms with van der Waals surface area (Å²) in [6.45, 7) is 1.75. The van der Waals surface area contributed by atoms with Crippen molar-refractivity contribution in [1.82, 2.24) is 30.1 Å². The average Bonchev–Trinajstić information content (AvgIpc) is 3.17. The number of hydrogen-bond donors (Lipinski definition) is 1. The highest BCUT2D eigenvalue weighted by molar-refractivity contribution is 5.92. The second-order valence-electron chi connectivity index (χ2n) is 7.81. The highest BCUT2D eigenvalue weighted by atomic mass is 19.4. The van der Waals surface area contributed by atoms with E-state index < -0.39 is 11.7 Å². The number of rotatable bonds is 6. The van der Waals surface area contributed by atoms with Gasteiger partial charge in [0.15, 0.2) is 5.69 Å². The number of amides is 2. The van der Waals surface area contributed by atoms with Crippen molar-refractivity contribution in [3.63, 3.8) is 0 Å². The lowest BCUT2D eigenvalue weighted by atomic mass is 10.0. The third kappa shape index (κ3) is 6.27. The number of nitrogens with one attached hydrogen (secondary N) is 1. The van der Waals surface area contributed by atoms with E-state index in [-0.39, 0.29) is 30.1 Å². The number of hydrogen-bond acceptors (Lipinski definition) is 5. The minimum absolute atomic E-state index is 0.00120. The van der Waals surface area contributed by atoms with E-state index >= 15 is 0 Å². The Bertz CT molecular complexity index is 920. The summed E-state index contributed by atoms with van der Waals surface area (Å²) >= 11 is 0. The molecule has 2 heterocycles. The van der Waals surface area contributed by atoms with Crippen molar-refractivity contribution in [3.05, 3.63) is 47.3 Å². The summed E-state index contributed by atoms with van der Waals surface area (Å²) in [6, 6.07) is 5.30. The summed E-state index contributed by atoms with van der Waals surface area (Å²) in [7, 11) is 3.26. The lowest BCUT2D eigenvalue weighted by Gasteiger charge is -2.32. The van der Waals surface area contributed by atoms with Crippen LogP contribution in [-0.2, 0) is 24.1 Å². The molecule has 3 rings (SSSR count). The SMILES string of the molecule is CN(C)C(=O)Cn1cc(C(=O)NC2CCN(Cc3cccc(C(F)(F)F)c3)CC2)nn1. The standard InChI is InChI=1S/C20H25F3N6O2/c1-27(2)18(30)13-29-12-17(25-26-29)19(31)24-16-6-8-28(9-7-16)11-14-4-3-5-15(10-14)20(21,22)23/h3-5,10,12,16H,6-9,11,13H2,1-2H3,(H,24,31). The third-order valence-electron chi connectivity index (χ3n) is 5.15. The third-order valence-corrected chi connectivity index (χ3v) is 5.15. The monoisotopic (exact) mass is 438 g/mol. The van der Waals surface area contributed by atoms with Crippen molar-refractivity contribution in [2.75, 3.05) is 27.2 Å². The van der Waals surface area contributed by atoms with E-state index in [4.69, 9.17) is 0 Å². The fourth-order valence-corrected chi connectivity index (χ4v) is 3.36. The molecule has 0 unspecified atom stereocenters. The number of nitrogens with zero attached hydrogens (tertiary/aromatic N) is 5. The number of alkyl halides is 3. The Morgan fingerprint density at radius 3 is 2.58 bits per heavy atom. The van der Waals surface area contributed by atoms with Crippen LogP contribution in [0, 0.1) is 0 Å². The van der Waals surface area contributed by atoms with E-state index in [0.717, 1.165) is 6.07 Å². The average molecular weight is 438 g/mol. The molecule has 0 radical (unpaired) electrons. The highest BCUT2D eigenvalue weighted by Crippen LogP contribution is 2.30. The number of aromatic nitrogens is 3. The van der Waals surface area contributed by atoms with Gasteiger partial charge in [-0.15, -0.1) is 5.10 Å². The van der Waals surface area contributed by atoms with Crippen LogP contribution in [0.25, 0.3) is 0 Å². The molecule has 1 aliphatic heterocycles. The van der Waals surface area contributed by atoms with Crippen LogP contribution in [0.15, 0.2) is 30.5 Å². The molecule has 1 N–H and O–H groups in total. The Morgan fingerprint density at radius 1 is 1.23 bits per heavy atom. The molecule has 0 aliphatic carbocycles. The van der Waals surface area contributed by atoms with E-state index in [9.17, 15) is 22.8 Å². The van der Waals surface area contributed by atoms with Crippen molar-refractivity contribution in [1.29, 1.82) is 0 Å². The normalized spacial score (nSPS) is 15.6. The van der Waals surface area contributed by atoms with Crippen molar-refractivity contribution in [3.8, 4) is 0 Å². The number of likely N-dealkylation sites (N-methyl/N-ethyl adjacent to an activating group) is 1. The number of piperidine rings is 1. The number of benzene rings is 1. The summed E-state index contributed by atoms with van der Waals surface area (Å²) in [5.74, 6) is -0.523. The van der Waals surface area contributed by atoms with Crippen molar-refractivity contribution >= 4 is 11.8 Å². The number of carbonyl (C=O) groups is 2. The van der Waals surface area contributed by atoms with Crippen LogP contribution in [-0.4, -0.2) is 69.8 Å². The number of likely N-dealkylation sites (tertiary alicyclic amines) is 1. The Balaban J connectivity index is 1.48. The van der Waals surface area contributed by atoms with Gasteiger partial charge >= 0.3 is 6.18 Å². The molecule has 0 atom stereocenters. The van der Waals surface area contributed by atoms with E-state index in [2.05, 4.69) is 20.5 Å². The zero-order valence-corrected chi connectivity index (χ0v) is 17.4. The zero-order chi connectivity index (χ0) is 22.6. The van der Waals surface area contributed by atoms with Gasteiger partial charge in [0.2, 0.25) is 5.91 Å². The van der Waals surface area contributed by atoms with Gasteiger partial charge in [0.05, 0.1) is 11.8 Å². The van der Waals surface area contributed by atoms with Gasteiger partial charge in [-0.25, -0.2) is 4.68 Å². The van der Waals surface area contributed by atoms with Crippen LogP contribution >= 0.6 is 0 Å². The number of carbonyl (C=O) groups excluding carboxylic acids is 2. The maximum atomic E-state index is 12.9. The van der Waals surface area contributed by atoms with E-state index in [1.165, 1.54) is 27.9 Å². The van der Waals surface area contributed by atoms with Gasteiger partial charge in [0, 0.05) is 39.8 Å². The van der Waals surface area contributed by atoms with E-state index in [1.807, 2.05) is 0 Å². The Kier molecular flexibility index (Phi) is 6.94. The first-order valence-corrected chi connectivity index (χ1v) is 9.91. The first-order valence-electron chi connectivity index (χ1n) is 9.91. The molecular formula is C20H25F3N6O2. The van der Waals surface area contributed by atoms with Gasteiger partial charge in [0.1, 0.15) is 6.54 Å². The lowest BCUT2D eigenvalue weighted by Crippen LogP contribution is -2.44. The largest absolute Gasteiger partial charge is 0.416 e. The fraction of sp³-hybridized carbons (Fsp3) is 0.500. The highest BCUT2D eigenvalue weighted by Gasteiger charge is 2.30. The van der Waals surface area contributed by atoms with Crippen LogP contribution < -0.4 is 5.32 Å². The summed E-state index contributed by atoms with van der Waals surface area (Å²) in [6.07, 6.45) is -1.57. The van der Waals surface area contributed by atoms with E-state index in [1.54, 1.807) is 20.2 Å². The Hall–Kier alpha value is -2.95. The fourth-order valence-electron chi connectivity index (χ4n) is 3.36. The van der Waals surface area contributed by atoms with Crippen molar-refractivity contribution in [2.24, 2.45) is 0 Å². The molecule has 1 aromatic carbocycles. The van der Waals surface area contributed by atoms with Gasteiger partial charge in [0.25, 0.3) is 5.91 Å². The predicted molar refractivity (Wildman–Crippen MR) is 106 cm³/mol. The van der Waals surface area contributed by atoms with Crippen LogP contribution in [0.3, 0.4) is 0 Å². The molecular weight excluding hydrogens is 413 g/mol. The van der Waals surface area contributed by atoms with E-state index in [0.29, 0.717) is 38.0 Å². The molecule has 31 heavy (non-hydrogen) atoms. The summed E-state index contributed by atoms with van der Waals surface area (Å²) < 4.78 is 39.9. The molecule has 1 aromatic heterocycles. The molecule has 1 fully saturated rings. The molecule has 2 aromatic rings. The minimum Gasteiger partial charge on any atom is -0.348 e. The summed E-state index contributed by atoms with van der Waals surface area (Å²) in [5.41, 5.74) is 0.103.